The van der Waals surface area contributed by atoms with Gasteiger partial charge in [-0.1, -0.05) is 12.1 Å². The Bertz CT molecular complexity index is 873. The second-order valence-corrected chi connectivity index (χ2v) is 5.49. The number of benzene rings is 1. The van der Waals surface area contributed by atoms with Crippen LogP contribution in [0.5, 0.6) is 17.4 Å². The summed E-state index contributed by atoms with van der Waals surface area (Å²) in [5, 5.41) is 2.84. The van der Waals surface area contributed by atoms with Crippen molar-refractivity contribution in [2.45, 2.75) is 19.9 Å². The first-order chi connectivity index (χ1) is 11.6. The number of aromatic amines is 1. The fraction of sp³-hybridized carbons (Fsp3) is 0.235. The largest absolute Gasteiger partial charge is 0.493 e. The average molecular weight is 326 g/mol. The maximum atomic E-state index is 12.2. The van der Waals surface area contributed by atoms with E-state index >= 15 is 0 Å². The van der Waals surface area contributed by atoms with Gasteiger partial charge in [0.1, 0.15) is 5.52 Å². The van der Waals surface area contributed by atoms with E-state index in [2.05, 4.69) is 20.3 Å². The number of ether oxygens (including phenoxy) is 2. The number of carbonyl (C=O) groups is 1. The third-order valence-electron chi connectivity index (χ3n) is 3.31. The fourth-order valence-electron chi connectivity index (χ4n) is 2.25. The van der Waals surface area contributed by atoms with Gasteiger partial charge >= 0.3 is 0 Å². The molecule has 0 saturated carbocycles. The molecule has 2 heterocycles. The average Bonchev–Trinajstić information content (AvgIpc) is 2.98. The van der Waals surface area contributed by atoms with Crippen LogP contribution in [-0.4, -0.2) is 34.0 Å². The maximum Gasteiger partial charge on any atom is 0.255 e. The van der Waals surface area contributed by atoms with Crippen LogP contribution in [0.2, 0.25) is 0 Å². The van der Waals surface area contributed by atoms with Crippen LogP contribution in [0.25, 0.3) is 11.2 Å². The Kier molecular flexibility index (Phi) is 4.33. The van der Waals surface area contributed by atoms with Crippen LogP contribution in [0.15, 0.2) is 36.7 Å². The summed E-state index contributed by atoms with van der Waals surface area (Å²) in [6.45, 7) is 3.79. The lowest BCUT2D eigenvalue weighted by Crippen LogP contribution is -2.29. The molecule has 3 rings (SSSR count). The molecule has 124 valence electrons. The van der Waals surface area contributed by atoms with E-state index in [9.17, 15) is 4.79 Å². The van der Waals surface area contributed by atoms with Crippen molar-refractivity contribution in [1.29, 1.82) is 0 Å². The van der Waals surface area contributed by atoms with Gasteiger partial charge in [-0.05, 0) is 26.0 Å². The molecule has 0 spiro atoms. The molecule has 0 bridgehead atoms. The zero-order valence-electron chi connectivity index (χ0n) is 13.7. The number of hydrogen-bond donors (Lipinski definition) is 2. The number of aromatic nitrogens is 3. The molecule has 3 aromatic rings. The molecule has 0 radical (unpaired) electrons. The van der Waals surface area contributed by atoms with Gasteiger partial charge in [0.15, 0.2) is 17.1 Å². The highest BCUT2D eigenvalue weighted by molar-refractivity contribution is 6.04. The number of nitrogens with zero attached hydrogens (tertiary/aromatic N) is 2. The van der Waals surface area contributed by atoms with Crippen molar-refractivity contribution in [3.8, 4) is 17.4 Å². The SMILES string of the molecule is COc1ccccc1Oc1cnc2[nH]cc(C(=O)NC(C)C)c2n1. The van der Waals surface area contributed by atoms with Crippen molar-refractivity contribution < 1.29 is 14.3 Å². The van der Waals surface area contributed by atoms with E-state index in [1.807, 2.05) is 26.0 Å². The van der Waals surface area contributed by atoms with Gasteiger partial charge in [-0.15, -0.1) is 0 Å². The summed E-state index contributed by atoms with van der Waals surface area (Å²) in [7, 11) is 1.57. The lowest BCUT2D eigenvalue weighted by molar-refractivity contribution is 0.0944. The van der Waals surface area contributed by atoms with Crippen LogP contribution in [0.3, 0.4) is 0 Å². The molecular weight excluding hydrogens is 308 g/mol. The normalized spacial score (nSPS) is 10.8. The Morgan fingerprint density at radius 1 is 1.25 bits per heavy atom. The van der Waals surface area contributed by atoms with Gasteiger partial charge < -0.3 is 19.8 Å². The van der Waals surface area contributed by atoms with E-state index in [4.69, 9.17) is 9.47 Å². The predicted octanol–water partition coefficient (Wildman–Crippen LogP) is 2.90. The first kappa shape index (κ1) is 15.8. The van der Waals surface area contributed by atoms with E-state index in [-0.39, 0.29) is 17.8 Å². The molecule has 1 amide bonds. The molecular formula is C17H18N4O3. The highest BCUT2D eigenvalue weighted by Gasteiger charge is 2.16. The monoisotopic (exact) mass is 326 g/mol. The van der Waals surface area contributed by atoms with Crippen molar-refractivity contribution >= 4 is 17.1 Å². The summed E-state index contributed by atoms with van der Waals surface area (Å²) in [4.78, 5) is 23.8. The Morgan fingerprint density at radius 3 is 2.71 bits per heavy atom. The number of nitrogens with one attached hydrogen (secondary N) is 2. The molecule has 2 N–H and O–H groups in total. The van der Waals surface area contributed by atoms with Gasteiger partial charge in [-0.3, -0.25) is 4.79 Å². The molecule has 7 nitrogen and oxygen atoms in total. The van der Waals surface area contributed by atoms with E-state index in [1.165, 1.54) is 6.20 Å². The Balaban J connectivity index is 1.94. The molecule has 0 unspecified atom stereocenters. The maximum absolute atomic E-state index is 12.2. The summed E-state index contributed by atoms with van der Waals surface area (Å²) in [6.07, 6.45) is 3.09. The smallest absolute Gasteiger partial charge is 0.255 e. The minimum absolute atomic E-state index is 0.0309. The fourth-order valence-corrected chi connectivity index (χ4v) is 2.25. The number of amides is 1. The zero-order valence-corrected chi connectivity index (χ0v) is 13.7. The van der Waals surface area contributed by atoms with Gasteiger partial charge in [0, 0.05) is 12.2 Å². The molecule has 0 aliphatic carbocycles. The lowest BCUT2D eigenvalue weighted by Gasteiger charge is -2.09. The number of H-pyrrole nitrogens is 1. The highest BCUT2D eigenvalue weighted by Crippen LogP contribution is 2.30. The van der Waals surface area contributed by atoms with Crippen LogP contribution >= 0.6 is 0 Å². The summed E-state index contributed by atoms with van der Waals surface area (Å²) >= 11 is 0. The molecule has 24 heavy (non-hydrogen) atoms. The predicted molar refractivity (Wildman–Crippen MR) is 89.6 cm³/mol. The molecule has 0 fully saturated rings. The first-order valence-electron chi connectivity index (χ1n) is 7.54. The molecule has 0 aliphatic rings. The molecule has 0 atom stereocenters. The number of hydrogen-bond acceptors (Lipinski definition) is 5. The van der Waals surface area contributed by atoms with Gasteiger partial charge in [-0.2, -0.15) is 0 Å². The summed E-state index contributed by atoms with van der Waals surface area (Å²) in [5.74, 6) is 1.19. The van der Waals surface area contributed by atoms with Gasteiger partial charge in [0.2, 0.25) is 5.88 Å². The van der Waals surface area contributed by atoms with Gasteiger partial charge in [0.05, 0.1) is 18.9 Å². The van der Waals surface area contributed by atoms with Crippen LogP contribution in [0.1, 0.15) is 24.2 Å². The minimum atomic E-state index is -0.208. The Hall–Kier alpha value is -3.09. The van der Waals surface area contributed by atoms with Gasteiger partial charge in [0.25, 0.3) is 5.91 Å². The Morgan fingerprint density at radius 2 is 2.00 bits per heavy atom. The minimum Gasteiger partial charge on any atom is -0.493 e. The van der Waals surface area contributed by atoms with E-state index < -0.39 is 0 Å². The molecule has 7 heteroatoms. The molecule has 2 aromatic heterocycles. The van der Waals surface area contributed by atoms with Crippen LogP contribution in [0.4, 0.5) is 0 Å². The van der Waals surface area contributed by atoms with Crippen LogP contribution in [-0.2, 0) is 0 Å². The van der Waals surface area contributed by atoms with Crippen molar-refractivity contribution in [2.24, 2.45) is 0 Å². The summed E-state index contributed by atoms with van der Waals surface area (Å²) < 4.78 is 11.0. The third-order valence-corrected chi connectivity index (χ3v) is 3.31. The topological polar surface area (TPSA) is 89.1 Å². The first-order valence-corrected chi connectivity index (χ1v) is 7.54. The van der Waals surface area contributed by atoms with E-state index in [0.29, 0.717) is 28.2 Å². The number of para-hydroxylation sites is 2. The quantitative estimate of drug-likeness (QED) is 0.752. The summed E-state index contributed by atoms with van der Waals surface area (Å²) in [6, 6.07) is 7.28. The van der Waals surface area contributed by atoms with E-state index in [1.54, 1.807) is 25.4 Å². The highest BCUT2D eigenvalue weighted by atomic mass is 16.5. The zero-order chi connectivity index (χ0) is 17.1. The number of methoxy groups -OCH3 is 1. The van der Waals surface area contributed by atoms with Crippen molar-refractivity contribution in [2.75, 3.05) is 7.11 Å². The molecule has 1 aromatic carbocycles. The Labute approximate surface area is 139 Å². The number of carbonyl (C=O) groups excluding carboxylic acids is 1. The van der Waals surface area contributed by atoms with Crippen molar-refractivity contribution in [3.63, 3.8) is 0 Å². The summed E-state index contributed by atoms with van der Waals surface area (Å²) in [5.41, 5.74) is 1.41. The van der Waals surface area contributed by atoms with Crippen molar-refractivity contribution in [3.05, 3.63) is 42.2 Å². The number of rotatable bonds is 5. The second-order valence-electron chi connectivity index (χ2n) is 5.49. The lowest BCUT2D eigenvalue weighted by atomic mass is 10.2. The molecule has 0 saturated heterocycles. The van der Waals surface area contributed by atoms with Crippen molar-refractivity contribution in [1.82, 2.24) is 20.3 Å². The second kappa shape index (κ2) is 6.57. The van der Waals surface area contributed by atoms with Gasteiger partial charge in [-0.25, -0.2) is 9.97 Å². The molecule has 0 aliphatic heterocycles. The van der Waals surface area contributed by atoms with E-state index in [0.717, 1.165) is 0 Å². The number of fused-ring (bicyclic) bond motifs is 1. The van der Waals surface area contributed by atoms with Crippen LogP contribution < -0.4 is 14.8 Å². The standard InChI is InChI=1S/C17H18N4O3/c1-10(2)20-17(22)11-8-18-16-15(11)21-14(9-19-16)24-13-7-5-4-6-12(13)23-3/h4-10H,1-3H3,(H,18,19)(H,20,22). The van der Waals surface area contributed by atoms with Crippen LogP contribution in [0, 0.1) is 0 Å². The third kappa shape index (κ3) is 3.15.